The Kier molecular flexibility index (Phi) is 7.02. The maximum Gasteiger partial charge on any atom is 0.273 e. The third-order valence-corrected chi connectivity index (χ3v) is 6.14. The number of nitrogens with zero attached hydrogens (tertiary/aromatic N) is 3. The second-order valence-corrected chi connectivity index (χ2v) is 8.30. The number of para-hydroxylation sites is 1. The van der Waals surface area contributed by atoms with Crippen LogP contribution in [0.25, 0.3) is 0 Å². The van der Waals surface area contributed by atoms with Gasteiger partial charge in [-0.05, 0) is 18.9 Å². The van der Waals surface area contributed by atoms with E-state index in [0.717, 1.165) is 51.3 Å². The minimum Gasteiger partial charge on any atom is -0.496 e. The molecule has 0 atom stereocenters. The average molecular weight is 413 g/mol. The number of amides is 1. The molecule has 0 unspecified atom stereocenters. The highest BCUT2D eigenvalue weighted by molar-refractivity contribution is 5.92. The minimum atomic E-state index is -0.112. The van der Waals surface area contributed by atoms with Crippen LogP contribution < -0.4 is 10.1 Å². The quantitative estimate of drug-likeness (QED) is 0.754. The summed E-state index contributed by atoms with van der Waals surface area (Å²) in [5.41, 5.74) is 1.61. The Bertz CT molecular complexity index is 823. The molecule has 30 heavy (non-hydrogen) atoms. The summed E-state index contributed by atoms with van der Waals surface area (Å²) in [4.78, 5) is 21.6. The molecule has 4 rings (SSSR count). The molecule has 1 saturated carbocycles. The lowest BCUT2D eigenvalue weighted by Crippen LogP contribution is -2.45. The van der Waals surface area contributed by atoms with Gasteiger partial charge in [-0.15, -0.1) is 0 Å². The van der Waals surface area contributed by atoms with Crippen molar-refractivity contribution in [3.8, 4) is 5.75 Å². The van der Waals surface area contributed by atoms with Gasteiger partial charge in [-0.1, -0.05) is 37.5 Å². The molecule has 1 amide bonds. The molecule has 1 saturated heterocycles. The van der Waals surface area contributed by atoms with Crippen LogP contribution in [0.15, 0.2) is 34.9 Å². The molecule has 1 N–H and O–H groups in total. The van der Waals surface area contributed by atoms with Crippen molar-refractivity contribution in [2.45, 2.75) is 51.2 Å². The summed E-state index contributed by atoms with van der Waals surface area (Å²) in [5, 5.41) is 3.10. The van der Waals surface area contributed by atoms with Crippen LogP contribution >= 0.6 is 0 Å². The Hall–Kier alpha value is -2.38. The molecule has 7 heteroatoms. The number of carbonyl (C=O) groups is 1. The first-order valence-corrected chi connectivity index (χ1v) is 11.0. The molecule has 0 bridgehead atoms. The summed E-state index contributed by atoms with van der Waals surface area (Å²) in [7, 11) is 1.72. The third-order valence-electron chi connectivity index (χ3n) is 6.14. The number of rotatable bonds is 7. The summed E-state index contributed by atoms with van der Waals surface area (Å²) < 4.78 is 11.1. The van der Waals surface area contributed by atoms with Gasteiger partial charge in [-0.3, -0.25) is 14.6 Å². The van der Waals surface area contributed by atoms with E-state index in [-0.39, 0.29) is 11.9 Å². The van der Waals surface area contributed by atoms with Crippen LogP contribution in [-0.4, -0.2) is 60.0 Å². The molecule has 1 aromatic heterocycles. The zero-order valence-corrected chi connectivity index (χ0v) is 17.8. The van der Waals surface area contributed by atoms with Gasteiger partial charge in [0.15, 0.2) is 5.69 Å². The SMILES string of the molecule is COc1ccccc1CN1CCN(Cc2nc(C(=O)NC3CCCCC3)co2)CC1. The van der Waals surface area contributed by atoms with Gasteiger partial charge < -0.3 is 14.5 Å². The summed E-state index contributed by atoms with van der Waals surface area (Å²) in [6.45, 7) is 5.38. The molecule has 162 valence electrons. The standard InChI is InChI=1S/C23H32N4O3/c1-29-21-10-6-5-7-18(21)15-26-11-13-27(14-12-26)16-22-25-20(17-30-22)23(28)24-19-8-3-2-4-9-19/h5-7,10,17,19H,2-4,8-9,11-16H2,1H3,(H,24,28). The number of aromatic nitrogens is 1. The number of methoxy groups -OCH3 is 1. The lowest BCUT2D eigenvalue weighted by atomic mass is 9.95. The first-order valence-electron chi connectivity index (χ1n) is 11.0. The van der Waals surface area contributed by atoms with Crippen LogP contribution in [0.5, 0.6) is 5.75 Å². The number of hydrogen-bond donors (Lipinski definition) is 1. The molecule has 0 spiro atoms. The number of nitrogens with one attached hydrogen (secondary N) is 1. The van der Waals surface area contributed by atoms with Gasteiger partial charge in [0.25, 0.3) is 5.91 Å². The van der Waals surface area contributed by atoms with Gasteiger partial charge in [0.05, 0.1) is 13.7 Å². The molecule has 0 radical (unpaired) electrons. The first-order chi connectivity index (χ1) is 14.7. The molecule has 7 nitrogen and oxygen atoms in total. The fourth-order valence-corrected chi connectivity index (χ4v) is 4.37. The van der Waals surface area contributed by atoms with Gasteiger partial charge in [-0.2, -0.15) is 0 Å². The second-order valence-electron chi connectivity index (χ2n) is 8.30. The first kappa shape index (κ1) is 20.9. The third kappa shape index (κ3) is 5.40. The van der Waals surface area contributed by atoms with E-state index < -0.39 is 0 Å². The largest absolute Gasteiger partial charge is 0.496 e. The van der Waals surface area contributed by atoms with E-state index in [1.165, 1.54) is 31.1 Å². The molecule has 1 aliphatic heterocycles. The highest BCUT2D eigenvalue weighted by Gasteiger charge is 2.22. The van der Waals surface area contributed by atoms with Gasteiger partial charge in [0.2, 0.25) is 5.89 Å². The van der Waals surface area contributed by atoms with Crippen LogP contribution in [0.3, 0.4) is 0 Å². The molecular weight excluding hydrogens is 380 g/mol. The molecule has 1 aromatic carbocycles. The summed E-state index contributed by atoms with van der Waals surface area (Å²) in [6.07, 6.45) is 7.28. The van der Waals surface area contributed by atoms with E-state index in [2.05, 4.69) is 32.2 Å². The van der Waals surface area contributed by atoms with Gasteiger partial charge in [-0.25, -0.2) is 4.98 Å². The second kappa shape index (κ2) is 10.1. The van der Waals surface area contributed by atoms with Crippen molar-refractivity contribution < 1.29 is 13.9 Å². The predicted molar refractivity (Wildman–Crippen MR) is 114 cm³/mol. The fraction of sp³-hybridized carbons (Fsp3) is 0.565. The average Bonchev–Trinajstić information content (AvgIpc) is 3.25. The minimum absolute atomic E-state index is 0.112. The van der Waals surface area contributed by atoms with Crippen molar-refractivity contribution in [1.82, 2.24) is 20.1 Å². The van der Waals surface area contributed by atoms with E-state index in [9.17, 15) is 4.79 Å². The zero-order chi connectivity index (χ0) is 20.8. The molecule has 2 fully saturated rings. The van der Waals surface area contributed by atoms with Crippen molar-refractivity contribution in [1.29, 1.82) is 0 Å². The van der Waals surface area contributed by atoms with Crippen molar-refractivity contribution >= 4 is 5.91 Å². The topological polar surface area (TPSA) is 70.8 Å². The van der Waals surface area contributed by atoms with Crippen LogP contribution in [-0.2, 0) is 13.1 Å². The van der Waals surface area contributed by atoms with E-state index >= 15 is 0 Å². The number of carbonyl (C=O) groups excluding carboxylic acids is 1. The number of ether oxygens (including phenoxy) is 1. The zero-order valence-electron chi connectivity index (χ0n) is 17.8. The Balaban J connectivity index is 1.24. The molecular formula is C23H32N4O3. The van der Waals surface area contributed by atoms with E-state index in [1.807, 2.05) is 12.1 Å². The van der Waals surface area contributed by atoms with Crippen LogP contribution in [0, 0.1) is 0 Å². The fourth-order valence-electron chi connectivity index (χ4n) is 4.37. The van der Waals surface area contributed by atoms with Crippen molar-refractivity contribution in [3.63, 3.8) is 0 Å². The van der Waals surface area contributed by atoms with Crippen molar-refractivity contribution in [2.75, 3.05) is 33.3 Å². The van der Waals surface area contributed by atoms with E-state index in [4.69, 9.17) is 9.15 Å². The number of benzene rings is 1. The van der Waals surface area contributed by atoms with Gasteiger partial charge in [0.1, 0.15) is 12.0 Å². The summed E-state index contributed by atoms with van der Waals surface area (Å²) in [5.74, 6) is 1.44. The van der Waals surface area contributed by atoms with E-state index in [0.29, 0.717) is 18.1 Å². The lowest BCUT2D eigenvalue weighted by Gasteiger charge is -2.34. The summed E-state index contributed by atoms with van der Waals surface area (Å²) in [6, 6.07) is 8.47. The molecule has 2 aliphatic rings. The normalized spacial score (nSPS) is 19.0. The maximum absolute atomic E-state index is 12.4. The lowest BCUT2D eigenvalue weighted by molar-refractivity contribution is 0.0922. The maximum atomic E-state index is 12.4. The predicted octanol–water partition coefficient (Wildman–Crippen LogP) is 3.06. The molecule has 1 aliphatic carbocycles. The number of oxazole rings is 1. The number of piperazine rings is 1. The highest BCUT2D eigenvalue weighted by atomic mass is 16.5. The van der Waals surface area contributed by atoms with E-state index in [1.54, 1.807) is 7.11 Å². The van der Waals surface area contributed by atoms with Crippen molar-refractivity contribution in [3.05, 3.63) is 47.7 Å². The summed E-state index contributed by atoms with van der Waals surface area (Å²) >= 11 is 0. The van der Waals surface area contributed by atoms with Crippen LogP contribution in [0.2, 0.25) is 0 Å². The molecule has 2 aromatic rings. The molecule has 2 heterocycles. The Morgan fingerprint density at radius 2 is 1.80 bits per heavy atom. The monoisotopic (exact) mass is 412 g/mol. The van der Waals surface area contributed by atoms with Gasteiger partial charge >= 0.3 is 0 Å². The van der Waals surface area contributed by atoms with Gasteiger partial charge in [0, 0.05) is 44.3 Å². The Morgan fingerprint density at radius 1 is 1.10 bits per heavy atom. The van der Waals surface area contributed by atoms with Crippen molar-refractivity contribution in [2.24, 2.45) is 0 Å². The Labute approximate surface area is 178 Å². The smallest absolute Gasteiger partial charge is 0.273 e. The van der Waals surface area contributed by atoms with Crippen LogP contribution in [0.1, 0.15) is 54.0 Å². The highest BCUT2D eigenvalue weighted by Crippen LogP contribution is 2.21. The number of hydrogen-bond acceptors (Lipinski definition) is 6. The van der Waals surface area contributed by atoms with Crippen LogP contribution in [0.4, 0.5) is 0 Å². The Morgan fingerprint density at radius 3 is 2.53 bits per heavy atom.